The topological polar surface area (TPSA) is 86.9 Å². The molecule has 0 saturated heterocycles. The summed E-state index contributed by atoms with van der Waals surface area (Å²) < 4.78 is 27.7. The normalized spacial score (nSPS) is 16.7. The van der Waals surface area contributed by atoms with Gasteiger partial charge in [0.25, 0.3) is 0 Å². The number of aryl methyl sites for hydroxylation is 1. The minimum Gasteiger partial charge on any atom is -0.311 e. The van der Waals surface area contributed by atoms with Gasteiger partial charge in [-0.05, 0) is 25.8 Å². The second-order valence-electron chi connectivity index (χ2n) is 5.74. The Morgan fingerprint density at radius 1 is 1.33 bits per heavy atom. The Hall–Kier alpha value is -0.920. The minimum absolute atomic E-state index is 0.301. The van der Waals surface area contributed by atoms with Gasteiger partial charge in [0.2, 0.25) is 10.0 Å². The summed E-state index contributed by atoms with van der Waals surface area (Å²) in [5, 5.41) is 9.99. The van der Waals surface area contributed by atoms with Crippen molar-refractivity contribution in [3.8, 4) is 0 Å². The number of rotatable bonds is 8. The maximum absolute atomic E-state index is 12.5. The monoisotopic (exact) mass is 314 g/mol. The van der Waals surface area contributed by atoms with Crippen LogP contribution < -0.4 is 10.0 Å². The van der Waals surface area contributed by atoms with E-state index < -0.39 is 10.0 Å². The van der Waals surface area contributed by atoms with Crippen molar-refractivity contribution in [2.75, 3.05) is 13.1 Å². The highest BCUT2D eigenvalue weighted by molar-refractivity contribution is 7.89. The van der Waals surface area contributed by atoms with Crippen molar-refractivity contribution in [3.05, 3.63) is 11.4 Å². The average Bonchev–Trinajstić information content (AvgIpc) is 3.06. The van der Waals surface area contributed by atoms with Gasteiger partial charge in [-0.3, -0.25) is 5.10 Å². The molecule has 1 aromatic heterocycles. The Labute approximate surface area is 127 Å². The number of aromatic nitrogens is 2. The third-order valence-corrected chi connectivity index (χ3v) is 5.76. The number of hydrogen-bond donors (Lipinski definition) is 3. The van der Waals surface area contributed by atoms with Crippen molar-refractivity contribution in [2.45, 2.75) is 57.4 Å². The molecule has 0 bridgehead atoms. The van der Waals surface area contributed by atoms with Crippen LogP contribution in [0, 0.1) is 12.8 Å². The van der Waals surface area contributed by atoms with E-state index in [2.05, 4.69) is 20.2 Å². The summed E-state index contributed by atoms with van der Waals surface area (Å²) in [5.74, 6) is 0.680. The summed E-state index contributed by atoms with van der Waals surface area (Å²) >= 11 is 0. The Balaban J connectivity index is 1.99. The number of hydrogen-bond acceptors (Lipinski definition) is 4. The molecule has 0 aliphatic heterocycles. The van der Waals surface area contributed by atoms with Crippen LogP contribution in [0.25, 0.3) is 0 Å². The van der Waals surface area contributed by atoms with E-state index in [9.17, 15) is 8.42 Å². The van der Waals surface area contributed by atoms with Gasteiger partial charge in [0, 0.05) is 13.1 Å². The van der Waals surface area contributed by atoms with E-state index in [1.54, 1.807) is 6.92 Å². The summed E-state index contributed by atoms with van der Waals surface area (Å²) in [6.07, 6.45) is 5.96. The first-order chi connectivity index (χ1) is 10.0. The summed E-state index contributed by atoms with van der Waals surface area (Å²) in [7, 11) is -3.48. The minimum atomic E-state index is -3.48. The Bertz CT molecular complexity index is 547. The quantitative estimate of drug-likeness (QED) is 0.681. The van der Waals surface area contributed by atoms with Crippen LogP contribution in [0.3, 0.4) is 0 Å². The molecule has 7 heteroatoms. The molecule has 0 spiro atoms. The molecular formula is C14H26N4O2S. The lowest BCUT2D eigenvalue weighted by Gasteiger charge is -2.11. The van der Waals surface area contributed by atoms with Crippen molar-refractivity contribution in [1.82, 2.24) is 20.2 Å². The highest BCUT2D eigenvalue weighted by Gasteiger charge is 2.24. The Morgan fingerprint density at radius 2 is 2.05 bits per heavy atom. The van der Waals surface area contributed by atoms with Crippen LogP contribution in [0.4, 0.5) is 0 Å². The van der Waals surface area contributed by atoms with Crippen LogP contribution in [0.5, 0.6) is 0 Å². The molecule has 1 aromatic rings. The molecule has 0 aromatic carbocycles. The van der Waals surface area contributed by atoms with Crippen LogP contribution in [-0.4, -0.2) is 31.7 Å². The predicted molar refractivity (Wildman–Crippen MR) is 82.5 cm³/mol. The van der Waals surface area contributed by atoms with Crippen molar-refractivity contribution >= 4 is 10.0 Å². The summed E-state index contributed by atoms with van der Waals surface area (Å²) in [6.45, 7) is 5.47. The zero-order valence-electron chi connectivity index (χ0n) is 12.9. The number of sulfonamides is 1. The van der Waals surface area contributed by atoms with Crippen molar-refractivity contribution < 1.29 is 8.42 Å². The van der Waals surface area contributed by atoms with Crippen molar-refractivity contribution in [2.24, 2.45) is 5.92 Å². The molecule has 3 N–H and O–H groups in total. The summed E-state index contributed by atoms with van der Waals surface area (Å²) in [6, 6.07) is 0. The van der Waals surface area contributed by atoms with Crippen LogP contribution in [-0.2, 0) is 16.6 Å². The van der Waals surface area contributed by atoms with Gasteiger partial charge < -0.3 is 5.32 Å². The molecule has 21 heavy (non-hydrogen) atoms. The van der Waals surface area contributed by atoms with Gasteiger partial charge in [-0.25, -0.2) is 13.1 Å². The molecule has 1 aliphatic carbocycles. The smallest absolute Gasteiger partial charge is 0.244 e. The molecule has 6 nitrogen and oxygen atoms in total. The van der Waals surface area contributed by atoms with Gasteiger partial charge >= 0.3 is 0 Å². The number of nitrogens with zero attached hydrogens (tertiary/aromatic N) is 1. The van der Waals surface area contributed by atoms with E-state index >= 15 is 0 Å². The zero-order valence-corrected chi connectivity index (χ0v) is 13.7. The molecule has 0 amide bonds. The first-order valence-electron chi connectivity index (χ1n) is 7.78. The molecule has 1 fully saturated rings. The molecule has 0 atom stereocenters. The average molecular weight is 314 g/mol. The third kappa shape index (κ3) is 4.28. The van der Waals surface area contributed by atoms with E-state index in [4.69, 9.17) is 0 Å². The molecule has 2 rings (SSSR count). The van der Waals surface area contributed by atoms with Crippen LogP contribution >= 0.6 is 0 Å². The van der Waals surface area contributed by atoms with Crippen LogP contribution in [0.2, 0.25) is 0 Å². The predicted octanol–water partition coefficient (Wildman–Crippen LogP) is 1.69. The van der Waals surface area contributed by atoms with Gasteiger partial charge in [-0.2, -0.15) is 5.10 Å². The standard InChI is InChI=1S/C14H26N4O2S/c1-3-15-10-13-14(11(2)17-18-13)21(19,20)16-9-8-12-6-4-5-7-12/h12,15-16H,3-10H2,1-2H3,(H,17,18). The highest BCUT2D eigenvalue weighted by Crippen LogP contribution is 2.27. The van der Waals surface area contributed by atoms with Crippen LogP contribution in [0.15, 0.2) is 4.90 Å². The van der Waals surface area contributed by atoms with Crippen molar-refractivity contribution in [1.29, 1.82) is 0 Å². The molecule has 0 radical (unpaired) electrons. The molecule has 1 aliphatic rings. The first kappa shape index (κ1) is 16.5. The number of nitrogens with one attached hydrogen (secondary N) is 3. The van der Waals surface area contributed by atoms with E-state index in [1.165, 1.54) is 25.7 Å². The summed E-state index contributed by atoms with van der Waals surface area (Å²) in [4.78, 5) is 0.301. The van der Waals surface area contributed by atoms with Crippen molar-refractivity contribution in [3.63, 3.8) is 0 Å². The molecular weight excluding hydrogens is 288 g/mol. The Kier molecular flexibility index (Phi) is 5.78. The van der Waals surface area contributed by atoms with Gasteiger partial charge in [0.05, 0.1) is 11.4 Å². The van der Waals surface area contributed by atoms with E-state index in [-0.39, 0.29) is 0 Å². The molecule has 1 saturated carbocycles. The third-order valence-electron chi connectivity index (χ3n) is 4.09. The lowest BCUT2D eigenvalue weighted by atomic mass is 10.1. The SMILES string of the molecule is CCNCc1n[nH]c(C)c1S(=O)(=O)NCCC1CCCC1. The van der Waals surface area contributed by atoms with Gasteiger partial charge in [-0.1, -0.05) is 32.6 Å². The largest absolute Gasteiger partial charge is 0.311 e. The van der Waals surface area contributed by atoms with E-state index in [0.717, 1.165) is 13.0 Å². The molecule has 120 valence electrons. The second-order valence-corrected chi connectivity index (χ2v) is 7.45. The number of H-pyrrole nitrogens is 1. The molecule has 0 unspecified atom stereocenters. The fourth-order valence-electron chi connectivity index (χ4n) is 2.96. The molecule has 1 heterocycles. The lowest BCUT2D eigenvalue weighted by Crippen LogP contribution is -2.27. The zero-order chi connectivity index (χ0) is 15.3. The van der Waals surface area contributed by atoms with E-state index in [1.807, 2.05) is 6.92 Å². The first-order valence-corrected chi connectivity index (χ1v) is 9.27. The fourth-order valence-corrected chi connectivity index (χ4v) is 4.37. The van der Waals surface area contributed by atoms with Gasteiger partial charge in [0.15, 0.2) is 0 Å². The van der Waals surface area contributed by atoms with Gasteiger partial charge in [0.1, 0.15) is 4.90 Å². The Morgan fingerprint density at radius 3 is 2.71 bits per heavy atom. The fraction of sp³-hybridized carbons (Fsp3) is 0.786. The second kappa shape index (κ2) is 7.38. The van der Waals surface area contributed by atoms with Crippen LogP contribution in [0.1, 0.15) is 50.4 Å². The maximum Gasteiger partial charge on any atom is 0.244 e. The maximum atomic E-state index is 12.5. The highest BCUT2D eigenvalue weighted by atomic mass is 32.2. The van der Waals surface area contributed by atoms with E-state index in [0.29, 0.717) is 35.3 Å². The summed E-state index contributed by atoms with van der Waals surface area (Å²) in [5.41, 5.74) is 1.15. The lowest BCUT2D eigenvalue weighted by molar-refractivity contribution is 0.495. The van der Waals surface area contributed by atoms with Gasteiger partial charge in [-0.15, -0.1) is 0 Å². The number of aromatic amines is 1.